The number of halogens is 4. The number of methoxy groups -OCH3 is 1. The summed E-state index contributed by atoms with van der Waals surface area (Å²) in [4.78, 5) is 15.1. The van der Waals surface area contributed by atoms with Crippen molar-refractivity contribution < 1.29 is 37.3 Å². The number of alkyl halides is 3. The Balaban J connectivity index is 0.00000222. The number of anilines is 1. The van der Waals surface area contributed by atoms with Crippen LogP contribution in [0.5, 0.6) is 5.75 Å². The Morgan fingerprint density at radius 2 is 1.78 bits per heavy atom. The monoisotopic (exact) mass is 511 g/mol. The van der Waals surface area contributed by atoms with Crippen LogP contribution in [0.3, 0.4) is 0 Å². The topological polar surface area (TPSA) is 118 Å². The maximum atomic E-state index is 14.1. The molecule has 0 radical (unpaired) electrons. The minimum Gasteiger partial charge on any atom is -0.496 e. The summed E-state index contributed by atoms with van der Waals surface area (Å²) in [5.74, 6) is -1.67. The van der Waals surface area contributed by atoms with Crippen molar-refractivity contribution in [2.45, 2.75) is 37.5 Å². The quantitative estimate of drug-likeness (QED) is 0.323. The minimum absolute atomic E-state index is 0.188. The van der Waals surface area contributed by atoms with Crippen molar-refractivity contribution in [1.29, 1.82) is 0 Å². The van der Waals surface area contributed by atoms with Crippen LogP contribution in [0, 0.1) is 5.82 Å². The number of carboxylic acid groups (broad SMARTS) is 1. The van der Waals surface area contributed by atoms with Crippen molar-refractivity contribution in [3.05, 3.63) is 65.6 Å². The molecule has 0 aliphatic carbocycles. The van der Waals surface area contributed by atoms with Gasteiger partial charge in [0.05, 0.1) is 19.2 Å². The molecule has 11 heteroatoms. The highest BCUT2D eigenvalue weighted by atomic mass is 19.4. The van der Waals surface area contributed by atoms with Gasteiger partial charge in [-0.1, -0.05) is 19.9 Å². The van der Waals surface area contributed by atoms with Gasteiger partial charge in [-0.15, -0.1) is 0 Å². The SMILES string of the molecule is CN.COc1ccc(F)cc1C(C)(C)CC(O)(CNc1cccc2nc(C(=O)O)ccc12)C(F)(F)F. The van der Waals surface area contributed by atoms with E-state index in [0.717, 1.165) is 12.1 Å². The zero-order valence-electron chi connectivity index (χ0n) is 20.3. The Bertz CT molecular complexity index is 1220. The molecule has 36 heavy (non-hydrogen) atoms. The van der Waals surface area contributed by atoms with E-state index < -0.39 is 41.9 Å². The van der Waals surface area contributed by atoms with Crippen LogP contribution < -0.4 is 15.8 Å². The van der Waals surface area contributed by atoms with Gasteiger partial charge in [-0.2, -0.15) is 13.2 Å². The van der Waals surface area contributed by atoms with E-state index in [1.165, 1.54) is 64.4 Å². The highest BCUT2D eigenvalue weighted by molar-refractivity contribution is 5.95. The zero-order valence-corrected chi connectivity index (χ0v) is 20.3. The van der Waals surface area contributed by atoms with Crippen molar-refractivity contribution in [3.63, 3.8) is 0 Å². The zero-order chi connectivity index (χ0) is 27.3. The first-order chi connectivity index (χ1) is 16.8. The van der Waals surface area contributed by atoms with Crippen LogP contribution >= 0.6 is 0 Å². The standard InChI is InChI=1S/C24H24F4N2O4.CH5N/c1-22(2,16-11-14(25)7-10-20(16)34-3)12-23(33,24(26,27)28)13-29-17-5-4-6-18-15(17)8-9-19(30-18)21(31)32;1-2/h4-11,29,33H,12-13H2,1-3H3,(H,31,32);2H2,1H3. The molecule has 3 aromatic rings. The Labute approximate surface area is 205 Å². The predicted octanol–water partition coefficient (Wildman–Crippen LogP) is 4.73. The van der Waals surface area contributed by atoms with Crippen molar-refractivity contribution in [2.75, 3.05) is 26.0 Å². The molecule has 1 aromatic heterocycles. The second-order valence-electron chi connectivity index (χ2n) is 8.66. The maximum Gasteiger partial charge on any atom is 0.418 e. The molecule has 0 spiro atoms. The van der Waals surface area contributed by atoms with E-state index in [2.05, 4.69) is 16.0 Å². The number of nitrogens with two attached hydrogens (primary N) is 1. The summed E-state index contributed by atoms with van der Waals surface area (Å²) in [6, 6.07) is 10.8. The average molecular weight is 512 g/mol. The average Bonchev–Trinajstić information content (AvgIpc) is 2.82. The molecule has 7 nitrogen and oxygen atoms in total. The van der Waals surface area contributed by atoms with E-state index in [1.807, 2.05) is 0 Å². The first-order valence-corrected chi connectivity index (χ1v) is 10.9. The summed E-state index contributed by atoms with van der Waals surface area (Å²) < 4.78 is 61.4. The summed E-state index contributed by atoms with van der Waals surface area (Å²) in [6.07, 6.45) is -5.81. The van der Waals surface area contributed by atoms with Crippen LogP contribution in [0.2, 0.25) is 0 Å². The maximum absolute atomic E-state index is 14.1. The molecule has 3 rings (SSSR count). The third kappa shape index (κ3) is 6.21. The van der Waals surface area contributed by atoms with E-state index in [-0.39, 0.29) is 28.2 Å². The van der Waals surface area contributed by atoms with Crippen molar-refractivity contribution in [2.24, 2.45) is 5.73 Å². The molecule has 1 heterocycles. The van der Waals surface area contributed by atoms with Gasteiger partial charge in [0, 0.05) is 16.6 Å². The van der Waals surface area contributed by atoms with Gasteiger partial charge in [-0.05, 0) is 61.3 Å². The number of nitrogens with zero attached hydrogens (tertiary/aromatic N) is 1. The first-order valence-electron chi connectivity index (χ1n) is 10.9. The molecule has 0 aliphatic heterocycles. The van der Waals surface area contributed by atoms with Crippen LogP contribution in [0.4, 0.5) is 23.2 Å². The number of fused-ring (bicyclic) bond motifs is 1. The normalized spacial score (nSPS) is 13.4. The van der Waals surface area contributed by atoms with E-state index >= 15 is 0 Å². The summed E-state index contributed by atoms with van der Waals surface area (Å²) >= 11 is 0. The third-order valence-electron chi connectivity index (χ3n) is 5.67. The number of nitrogens with one attached hydrogen (secondary N) is 1. The van der Waals surface area contributed by atoms with Gasteiger partial charge in [-0.3, -0.25) is 0 Å². The number of pyridine rings is 1. The fourth-order valence-electron chi connectivity index (χ4n) is 3.97. The number of benzene rings is 2. The van der Waals surface area contributed by atoms with Crippen molar-refractivity contribution >= 4 is 22.6 Å². The molecule has 0 saturated heterocycles. The fourth-order valence-corrected chi connectivity index (χ4v) is 3.97. The number of ether oxygens (including phenoxy) is 1. The van der Waals surface area contributed by atoms with Crippen molar-refractivity contribution in [3.8, 4) is 5.75 Å². The molecular weight excluding hydrogens is 482 g/mol. The van der Waals surface area contributed by atoms with Gasteiger partial charge in [-0.25, -0.2) is 14.2 Å². The summed E-state index contributed by atoms with van der Waals surface area (Å²) in [7, 11) is 2.83. The number of aromatic carboxylic acids is 1. The highest BCUT2D eigenvalue weighted by Crippen LogP contribution is 2.44. The van der Waals surface area contributed by atoms with Crippen LogP contribution in [-0.4, -0.2) is 53.6 Å². The van der Waals surface area contributed by atoms with Gasteiger partial charge in [0.25, 0.3) is 0 Å². The largest absolute Gasteiger partial charge is 0.496 e. The van der Waals surface area contributed by atoms with Crippen LogP contribution in [-0.2, 0) is 5.41 Å². The Morgan fingerprint density at radius 1 is 1.11 bits per heavy atom. The smallest absolute Gasteiger partial charge is 0.418 e. The summed E-state index contributed by atoms with van der Waals surface area (Å²) in [5, 5.41) is 22.9. The Morgan fingerprint density at radius 3 is 2.36 bits per heavy atom. The summed E-state index contributed by atoms with van der Waals surface area (Å²) in [6.45, 7) is 2.03. The number of aliphatic hydroxyl groups is 1. The predicted molar refractivity (Wildman–Crippen MR) is 129 cm³/mol. The molecule has 0 fully saturated rings. The minimum atomic E-state index is -5.02. The number of aromatic nitrogens is 1. The van der Waals surface area contributed by atoms with Gasteiger partial charge in [0.15, 0.2) is 5.60 Å². The molecular formula is C25H29F4N3O4. The number of hydrogen-bond donors (Lipinski definition) is 4. The first kappa shape index (κ1) is 28.8. The molecule has 2 aromatic carbocycles. The van der Waals surface area contributed by atoms with Gasteiger partial charge in [0.1, 0.15) is 17.3 Å². The number of rotatable bonds is 8. The molecule has 5 N–H and O–H groups in total. The lowest BCUT2D eigenvalue weighted by atomic mass is 9.74. The number of hydrogen-bond acceptors (Lipinski definition) is 6. The number of carboxylic acids is 1. The highest BCUT2D eigenvalue weighted by Gasteiger charge is 2.56. The lowest BCUT2D eigenvalue weighted by Gasteiger charge is -2.38. The Hall–Kier alpha value is -3.44. The lowest BCUT2D eigenvalue weighted by Crippen LogP contribution is -2.53. The van der Waals surface area contributed by atoms with E-state index in [1.54, 1.807) is 0 Å². The van der Waals surface area contributed by atoms with E-state index in [0.29, 0.717) is 5.39 Å². The number of carbonyl (C=O) groups is 1. The van der Waals surface area contributed by atoms with Crippen LogP contribution in [0.15, 0.2) is 48.5 Å². The molecule has 196 valence electrons. The lowest BCUT2D eigenvalue weighted by molar-refractivity contribution is -0.260. The van der Waals surface area contributed by atoms with Crippen LogP contribution in [0.1, 0.15) is 36.3 Å². The molecule has 0 saturated carbocycles. The molecule has 0 bridgehead atoms. The third-order valence-corrected chi connectivity index (χ3v) is 5.67. The van der Waals surface area contributed by atoms with Crippen LogP contribution in [0.25, 0.3) is 10.9 Å². The van der Waals surface area contributed by atoms with Gasteiger partial charge < -0.3 is 26.0 Å². The molecule has 1 unspecified atom stereocenters. The second kappa shape index (κ2) is 11.1. The molecule has 0 amide bonds. The molecule has 1 atom stereocenters. The van der Waals surface area contributed by atoms with Crippen molar-refractivity contribution in [1.82, 2.24) is 4.98 Å². The Kier molecular flexibility index (Phi) is 8.87. The second-order valence-corrected chi connectivity index (χ2v) is 8.66. The molecule has 0 aliphatic rings. The van der Waals surface area contributed by atoms with E-state index in [9.17, 15) is 27.5 Å². The van der Waals surface area contributed by atoms with Gasteiger partial charge in [0.2, 0.25) is 0 Å². The fraction of sp³-hybridized carbons (Fsp3) is 0.360. The summed E-state index contributed by atoms with van der Waals surface area (Å²) in [5.41, 5.74) is 0.479. The van der Waals surface area contributed by atoms with E-state index in [4.69, 9.17) is 9.84 Å². The van der Waals surface area contributed by atoms with Gasteiger partial charge >= 0.3 is 12.1 Å².